The van der Waals surface area contributed by atoms with Crippen LogP contribution < -0.4 is 9.47 Å². The first kappa shape index (κ1) is 17.6. The van der Waals surface area contributed by atoms with Gasteiger partial charge in [0.15, 0.2) is 11.5 Å². The van der Waals surface area contributed by atoms with Crippen molar-refractivity contribution in [1.82, 2.24) is 4.90 Å². The van der Waals surface area contributed by atoms with Gasteiger partial charge >= 0.3 is 5.97 Å². The van der Waals surface area contributed by atoms with Gasteiger partial charge in [-0.3, -0.25) is 9.69 Å². The van der Waals surface area contributed by atoms with E-state index in [1.54, 1.807) is 7.11 Å². The van der Waals surface area contributed by atoms with Crippen molar-refractivity contribution in [3.8, 4) is 11.5 Å². The van der Waals surface area contributed by atoms with Gasteiger partial charge in [0, 0.05) is 31.5 Å². The molecule has 1 aliphatic carbocycles. The Labute approximate surface area is 148 Å². The van der Waals surface area contributed by atoms with Crippen molar-refractivity contribution < 1.29 is 19.4 Å². The van der Waals surface area contributed by atoms with Crippen molar-refractivity contribution in [3.63, 3.8) is 0 Å². The summed E-state index contributed by atoms with van der Waals surface area (Å²) in [5, 5.41) is 8.94. The summed E-state index contributed by atoms with van der Waals surface area (Å²) in [4.78, 5) is 16.7. The average Bonchev–Trinajstić information content (AvgIpc) is 3.44. The molecule has 2 fully saturated rings. The van der Waals surface area contributed by atoms with Crippen molar-refractivity contribution in [3.05, 3.63) is 35.2 Å². The van der Waals surface area contributed by atoms with E-state index in [9.17, 15) is 4.79 Å². The van der Waals surface area contributed by atoms with Gasteiger partial charge in [0.05, 0.1) is 20.3 Å². The number of carboxylic acid groups (broad SMARTS) is 1. The summed E-state index contributed by atoms with van der Waals surface area (Å²) >= 11 is 0. The lowest BCUT2D eigenvalue weighted by Gasteiger charge is -2.33. The highest BCUT2D eigenvalue weighted by Crippen LogP contribution is 2.41. The maximum Gasteiger partial charge on any atom is 0.317 e. The lowest BCUT2D eigenvalue weighted by molar-refractivity contribution is -0.138. The molecular weight excluding hydrogens is 320 g/mol. The lowest BCUT2D eigenvalue weighted by Crippen LogP contribution is -2.43. The molecule has 1 aromatic carbocycles. The van der Waals surface area contributed by atoms with Gasteiger partial charge in [-0.2, -0.15) is 0 Å². The maximum atomic E-state index is 10.9. The monoisotopic (exact) mass is 344 g/mol. The first-order chi connectivity index (χ1) is 12.1. The van der Waals surface area contributed by atoms with Crippen LogP contribution in [0.5, 0.6) is 11.5 Å². The summed E-state index contributed by atoms with van der Waals surface area (Å²) in [6, 6.07) is 5.74. The number of carbonyl (C=O) groups is 1. The summed E-state index contributed by atoms with van der Waals surface area (Å²) in [5.41, 5.74) is 0.322. The Morgan fingerprint density at radius 3 is 2.64 bits per heavy atom. The molecule has 0 radical (unpaired) electrons. The van der Waals surface area contributed by atoms with E-state index in [0.717, 1.165) is 5.56 Å². The van der Waals surface area contributed by atoms with Crippen LogP contribution in [-0.2, 0) is 10.3 Å². The highest BCUT2D eigenvalue weighted by Gasteiger charge is 2.43. The van der Waals surface area contributed by atoms with E-state index >= 15 is 0 Å². The molecule has 6 nitrogen and oxygen atoms in total. The van der Waals surface area contributed by atoms with Crippen LogP contribution in [-0.4, -0.2) is 49.3 Å². The fourth-order valence-electron chi connectivity index (χ4n) is 3.31. The van der Waals surface area contributed by atoms with Crippen molar-refractivity contribution in [2.24, 2.45) is 5.92 Å². The Bertz CT molecular complexity index is 670. The van der Waals surface area contributed by atoms with Crippen molar-refractivity contribution >= 4 is 5.97 Å². The summed E-state index contributed by atoms with van der Waals surface area (Å²) in [6.45, 7) is 9.70. The lowest BCUT2D eigenvalue weighted by atomic mass is 9.81. The molecule has 1 saturated heterocycles. The van der Waals surface area contributed by atoms with Crippen LogP contribution in [0.2, 0.25) is 0 Å². The molecule has 1 saturated carbocycles. The Kier molecular flexibility index (Phi) is 5.14. The van der Waals surface area contributed by atoms with E-state index < -0.39 is 11.5 Å². The van der Waals surface area contributed by atoms with E-state index in [4.69, 9.17) is 21.2 Å². The van der Waals surface area contributed by atoms with Gasteiger partial charge < -0.3 is 19.4 Å². The van der Waals surface area contributed by atoms with Crippen molar-refractivity contribution in [2.45, 2.75) is 31.2 Å². The first-order valence-electron chi connectivity index (χ1n) is 8.70. The number of piperidine rings is 1. The fourth-order valence-corrected chi connectivity index (χ4v) is 3.31. The second kappa shape index (κ2) is 7.32. The van der Waals surface area contributed by atoms with Gasteiger partial charge in [-0.15, -0.1) is 0 Å². The van der Waals surface area contributed by atoms with Crippen LogP contribution in [0, 0.1) is 12.5 Å². The predicted octanol–water partition coefficient (Wildman–Crippen LogP) is 2.78. The van der Waals surface area contributed by atoms with Crippen LogP contribution in [0.3, 0.4) is 0 Å². The van der Waals surface area contributed by atoms with E-state index in [0.29, 0.717) is 50.0 Å². The number of methoxy groups -OCH3 is 1. The van der Waals surface area contributed by atoms with Crippen LogP contribution >= 0.6 is 0 Å². The molecule has 1 aromatic rings. The molecule has 25 heavy (non-hydrogen) atoms. The van der Waals surface area contributed by atoms with Crippen LogP contribution in [0.15, 0.2) is 18.2 Å². The number of aliphatic carboxylic acids is 1. The molecule has 0 amide bonds. The van der Waals surface area contributed by atoms with E-state index in [2.05, 4.69) is 4.85 Å². The quantitative estimate of drug-likeness (QED) is 0.771. The Balaban J connectivity index is 1.77. The zero-order valence-electron chi connectivity index (χ0n) is 14.5. The Morgan fingerprint density at radius 2 is 2.08 bits per heavy atom. The molecular formula is C19H24N2O4. The third-order valence-corrected chi connectivity index (χ3v) is 5.13. The van der Waals surface area contributed by atoms with Crippen molar-refractivity contribution in [1.29, 1.82) is 0 Å². The molecule has 6 heteroatoms. The van der Waals surface area contributed by atoms with E-state index in [1.165, 1.54) is 12.8 Å². The molecule has 1 aliphatic heterocycles. The molecule has 0 aromatic heterocycles. The smallest absolute Gasteiger partial charge is 0.317 e. The fraction of sp³-hybridized carbons (Fsp3) is 0.579. The standard InChI is InChI=1S/C19H24N2O4/c1-20-19(7-9-21(10-8-19)12-18(22)23)15-5-6-16(24-2)17(11-15)25-13-14-3-4-14/h5-6,11,14H,3-4,7-10,12-13H2,2H3,(H,22,23). The van der Waals surface area contributed by atoms with Crippen molar-refractivity contribution in [2.75, 3.05) is 33.4 Å². The van der Waals surface area contributed by atoms with Gasteiger partial charge in [-0.25, -0.2) is 6.57 Å². The normalized spacial score (nSPS) is 19.8. The predicted molar refractivity (Wildman–Crippen MR) is 92.8 cm³/mol. The van der Waals surface area contributed by atoms with Gasteiger partial charge in [0.25, 0.3) is 5.54 Å². The minimum atomic E-state index is -0.824. The second-order valence-electron chi connectivity index (χ2n) is 6.93. The summed E-state index contributed by atoms with van der Waals surface area (Å²) < 4.78 is 11.3. The van der Waals surface area contributed by atoms with E-state index in [1.807, 2.05) is 23.1 Å². The molecule has 3 rings (SSSR count). The second-order valence-corrected chi connectivity index (χ2v) is 6.93. The van der Waals surface area contributed by atoms with Gasteiger partial charge in [0.2, 0.25) is 0 Å². The highest BCUT2D eigenvalue weighted by atomic mass is 16.5. The zero-order valence-corrected chi connectivity index (χ0v) is 14.5. The molecule has 0 atom stereocenters. The zero-order chi connectivity index (χ0) is 17.9. The molecule has 134 valence electrons. The van der Waals surface area contributed by atoms with Gasteiger partial charge in [-0.05, 0) is 37.0 Å². The average molecular weight is 344 g/mol. The Hall–Kier alpha value is -2.26. The summed E-state index contributed by atoms with van der Waals surface area (Å²) in [7, 11) is 1.62. The molecule has 0 bridgehead atoms. The van der Waals surface area contributed by atoms with Crippen LogP contribution in [0.1, 0.15) is 31.2 Å². The van der Waals surface area contributed by atoms with Gasteiger partial charge in [-0.1, -0.05) is 0 Å². The SMILES string of the molecule is [C-]#[N+]C1(c2ccc(OC)c(OCC3CC3)c2)CCN(CC(=O)O)CC1. The summed E-state index contributed by atoms with van der Waals surface area (Å²) in [6.07, 6.45) is 3.68. The number of ether oxygens (including phenoxy) is 2. The number of carboxylic acids is 1. The number of hydrogen-bond acceptors (Lipinski definition) is 4. The molecule has 0 unspecified atom stereocenters. The number of rotatable bonds is 7. The molecule has 0 spiro atoms. The number of nitrogens with zero attached hydrogens (tertiary/aromatic N) is 2. The van der Waals surface area contributed by atoms with Crippen LogP contribution in [0.25, 0.3) is 4.85 Å². The number of likely N-dealkylation sites (tertiary alicyclic amines) is 1. The molecule has 2 aliphatic rings. The number of benzene rings is 1. The van der Waals surface area contributed by atoms with Crippen LogP contribution in [0.4, 0.5) is 0 Å². The third-order valence-electron chi connectivity index (χ3n) is 5.13. The molecule has 1 heterocycles. The molecule has 1 N–H and O–H groups in total. The third kappa shape index (κ3) is 4.05. The highest BCUT2D eigenvalue weighted by molar-refractivity contribution is 5.69. The Morgan fingerprint density at radius 1 is 1.36 bits per heavy atom. The largest absolute Gasteiger partial charge is 0.493 e. The topological polar surface area (TPSA) is 63.4 Å². The summed E-state index contributed by atoms with van der Waals surface area (Å²) in [5.74, 6) is 1.20. The number of hydrogen-bond donors (Lipinski definition) is 1. The minimum absolute atomic E-state index is 0.0342. The van der Waals surface area contributed by atoms with Gasteiger partial charge in [0.1, 0.15) is 0 Å². The maximum absolute atomic E-state index is 10.9. The minimum Gasteiger partial charge on any atom is -0.493 e. The first-order valence-corrected chi connectivity index (χ1v) is 8.70. The van der Waals surface area contributed by atoms with E-state index in [-0.39, 0.29) is 6.54 Å².